The lowest BCUT2D eigenvalue weighted by Gasteiger charge is -2.02. The third-order valence-electron chi connectivity index (χ3n) is 2.45. The Bertz CT molecular complexity index is 640. The first-order valence-corrected chi connectivity index (χ1v) is 5.82. The van der Waals surface area contributed by atoms with Gasteiger partial charge in [0.1, 0.15) is 16.3 Å². The zero-order valence-electron chi connectivity index (χ0n) is 8.72. The minimum Gasteiger partial charge on any atom is -0.398 e. The number of hydrogen-bond acceptors (Lipinski definition) is 4. The summed E-state index contributed by atoms with van der Waals surface area (Å²) in [5.74, 6) is -0.350. The van der Waals surface area contributed by atoms with Crippen LogP contribution in [0, 0.1) is 5.82 Å². The molecule has 2 N–H and O–H groups in total. The van der Waals surface area contributed by atoms with Crippen molar-refractivity contribution in [1.82, 2.24) is 9.97 Å². The molecule has 0 radical (unpaired) electrons. The zero-order chi connectivity index (χ0) is 11.8. The van der Waals surface area contributed by atoms with E-state index >= 15 is 0 Å². The molecular formula is C12H8FN3S. The van der Waals surface area contributed by atoms with Crippen molar-refractivity contribution in [3.8, 4) is 10.6 Å². The van der Waals surface area contributed by atoms with Gasteiger partial charge in [0.2, 0.25) is 0 Å². The van der Waals surface area contributed by atoms with Crippen molar-refractivity contribution < 1.29 is 4.39 Å². The number of hydrogen-bond donors (Lipinski definition) is 1. The molecule has 0 bridgehead atoms. The van der Waals surface area contributed by atoms with Gasteiger partial charge in [-0.05, 0) is 18.2 Å². The van der Waals surface area contributed by atoms with Crippen LogP contribution in [0.5, 0.6) is 0 Å². The van der Waals surface area contributed by atoms with Crippen molar-refractivity contribution in [1.29, 1.82) is 0 Å². The maximum atomic E-state index is 13.7. The first-order valence-electron chi connectivity index (χ1n) is 5.00. The van der Waals surface area contributed by atoms with E-state index in [2.05, 4.69) is 9.97 Å². The Balaban J connectivity index is 2.27. The third kappa shape index (κ3) is 1.64. The van der Waals surface area contributed by atoms with E-state index in [1.807, 2.05) is 6.07 Å². The van der Waals surface area contributed by atoms with E-state index in [0.29, 0.717) is 16.3 Å². The summed E-state index contributed by atoms with van der Waals surface area (Å²) in [6.07, 6.45) is 3.35. The summed E-state index contributed by atoms with van der Waals surface area (Å²) < 4.78 is 14.7. The number of nitrogens with zero attached hydrogens (tertiary/aromatic N) is 2. The molecule has 0 aliphatic carbocycles. The van der Waals surface area contributed by atoms with E-state index in [9.17, 15) is 4.39 Å². The molecular weight excluding hydrogens is 237 g/mol. The second-order valence-electron chi connectivity index (χ2n) is 3.57. The second kappa shape index (κ2) is 3.78. The third-order valence-corrected chi connectivity index (χ3v) is 3.50. The standard InChI is InChI=1S/C12H8FN3S/c13-7-2-1-3-8(14)11(7)12-16-9-6-15-5-4-10(9)17-12/h1-6H,14H2. The van der Waals surface area contributed by atoms with Crippen molar-refractivity contribution in [2.75, 3.05) is 5.73 Å². The van der Waals surface area contributed by atoms with Crippen LogP contribution in [0.25, 0.3) is 20.8 Å². The molecule has 84 valence electrons. The fraction of sp³-hybridized carbons (Fsp3) is 0. The zero-order valence-corrected chi connectivity index (χ0v) is 9.54. The van der Waals surface area contributed by atoms with Crippen LogP contribution in [0.3, 0.4) is 0 Å². The van der Waals surface area contributed by atoms with Crippen LogP contribution in [-0.4, -0.2) is 9.97 Å². The summed E-state index contributed by atoms with van der Waals surface area (Å²) in [6.45, 7) is 0. The lowest BCUT2D eigenvalue weighted by Crippen LogP contribution is -1.92. The van der Waals surface area contributed by atoms with E-state index in [4.69, 9.17) is 5.73 Å². The molecule has 0 aliphatic rings. The minimum atomic E-state index is -0.350. The molecule has 0 amide bonds. The average molecular weight is 245 g/mol. The summed E-state index contributed by atoms with van der Waals surface area (Å²) >= 11 is 1.41. The molecule has 0 spiro atoms. The highest BCUT2D eigenvalue weighted by Crippen LogP contribution is 2.34. The predicted octanol–water partition coefficient (Wildman–Crippen LogP) is 3.08. The monoisotopic (exact) mass is 245 g/mol. The van der Waals surface area contributed by atoms with Gasteiger partial charge in [0, 0.05) is 11.9 Å². The van der Waals surface area contributed by atoms with Crippen LogP contribution in [0.15, 0.2) is 36.7 Å². The van der Waals surface area contributed by atoms with E-state index in [1.165, 1.54) is 17.4 Å². The molecule has 5 heteroatoms. The number of nitrogens with two attached hydrogens (primary N) is 1. The first kappa shape index (κ1) is 10.2. The number of fused-ring (bicyclic) bond motifs is 1. The van der Waals surface area contributed by atoms with Crippen LogP contribution >= 0.6 is 11.3 Å². The second-order valence-corrected chi connectivity index (χ2v) is 4.60. The van der Waals surface area contributed by atoms with Gasteiger partial charge >= 0.3 is 0 Å². The topological polar surface area (TPSA) is 51.8 Å². The fourth-order valence-corrected chi connectivity index (χ4v) is 2.65. The lowest BCUT2D eigenvalue weighted by atomic mass is 10.2. The van der Waals surface area contributed by atoms with Gasteiger partial charge in [-0.15, -0.1) is 11.3 Å². The Kier molecular flexibility index (Phi) is 2.26. The van der Waals surface area contributed by atoms with Gasteiger partial charge in [-0.3, -0.25) is 4.98 Å². The maximum Gasteiger partial charge on any atom is 0.135 e. The smallest absolute Gasteiger partial charge is 0.135 e. The quantitative estimate of drug-likeness (QED) is 0.670. The lowest BCUT2D eigenvalue weighted by molar-refractivity contribution is 0.632. The number of nitrogen functional groups attached to an aromatic ring is 1. The average Bonchev–Trinajstić information content (AvgIpc) is 2.71. The van der Waals surface area contributed by atoms with E-state index in [0.717, 1.165) is 10.2 Å². The molecule has 3 aromatic rings. The van der Waals surface area contributed by atoms with Crippen LogP contribution in [0.1, 0.15) is 0 Å². The molecule has 17 heavy (non-hydrogen) atoms. The molecule has 2 heterocycles. The highest BCUT2D eigenvalue weighted by molar-refractivity contribution is 7.21. The number of pyridine rings is 1. The molecule has 0 unspecified atom stereocenters. The van der Waals surface area contributed by atoms with E-state index < -0.39 is 0 Å². The van der Waals surface area contributed by atoms with Crippen molar-refractivity contribution in [3.05, 3.63) is 42.5 Å². The number of thiazole rings is 1. The van der Waals surface area contributed by atoms with Gasteiger partial charge in [0.25, 0.3) is 0 Å². The summed E-state index contributed by atoms with van der Waals surface area (Å²) in [5.41, 5.74) is 7.31. The first-order chi connectivity index (χ1) is 8.25. The van der Waals surface area contributed by atoms with Crippen molar-refractivity contribution in [3.63, 3.8) is 0 Å². The van der Waals surface area contributed by atoms with E-state index in [1.54, 1.807) is 24.5 Å². The van der Waals surface area contributed by atoms with Crippen molar-refractivity contribution in [2.24, 2.45) is 0 Å². The number of rotatable bonds is 1. The van der Waals surface area contributed by atoms with Crippen LogP contribution in [-0.2, 0) is 0 Å². The molecule has 0 aliphatic heterocycles. The Morgan fingerprint density at radius 2 is 2.12 bits per heavy atom. The SMILES string of the molecule is Nc1cccc(F)c1-c1nc2cnccc2s1. The maximum absolute atomic E-state index is 13.7. The fourth-order valence-electron chi connectivity index (χ4n) is 1.65. The summed E-state index contributed by atoms with van der Waals surface area (Å²) in [5, 5.41) is 0.587. The van der Waals surface area contributed by atoms with Gasteiger partial charge in [0.15, 0.2) is 0 Å². The predicted molar refractivity (Wildman–Crippen MR) is 67.2 cm³/mol. The summed E-state index contributed by atoms with van der Waals surface area (Å²) in [6, 6.07) is 6.50. The molecule has 0 atom stereocenters. The highest BCUT2D eigenvalue weighted by atomic mass is 32.1. The van der Waals surface area contributed by atoms with Crippen LogP contribution in [0.4, 0.5) is 10.1 Å². The minimum absolute atomic E-state index is 0.350. The normalized spacial score (nSPS) is 10.9. The van der Waals surface area contributed by atoms with E-state index in [-0.39, 0.29) is 5.82 Å². The van der Waals surface area contributed by atoms with Gasteiger partial charge in [0.05, 0.1) is 16.5 Å². The summed E-state index contributed by atoms with van der Waals surface area (Å²) in [7, 11) is 0. The number of anilines is 1. The van der Waals surface area contributed by atoms with Crippen molar-refractivity contribution in [2.45, 2.75) is 0 Å². The Labute approximate surface area is 101 Å². The van der Waals surface area contributed by atoms with Crippen LogP contribution in [0.2, 0.25) is 0 Å². The van der Waals surface area contributed by atoms with Crippen LogP contribution < -0.4 is 5.73 Å². The molecule has 1 aromatic carbocycles. The molecule has 2 aromatic heterocycles. The van der Waals surface area contributed by atoms with Gasteiger partial charge in [-0.25, -0.2) is 9.37 Å². The Morgan fingerprint density at radius 3 is 2.88 bits per heavy atom. The molecule has 0 saturated carbocycles. The largest absolute Gasteiger partial charge is 0.398 e. The van der Waals surface area contributed by atoms with Gasteiger partial charge in [-0.1, -0.05) is 6.07 Å². The Morgan fingerprint density at radius 1 is 1.24 bits per heavy atom. The Hall–Kier alpha value is -2.01. The highest BCUT2D eigenvalue weighted by Gasteiger charge is 2.13. The number of halogens is 1. The molecule has 3 nitrogen and oxygen atoms in total. The van der Waals surface area contributed by atoms with Crippen molar-refractivity contribution >= 4 is 27.2 Å². The number of benzene rings is 1. The van der Waals surface area contributed by atoms with Gasteiger partial charge in [-0.2, -0.15) is 0 Å². The molecule has 3 rings (SSSR count). The number of aromatic nitrogens is 2. The van der Waals surface area contributed by atoms with Gasteiger partial charge < -0.3 is 5.73 Å². The molecule has 0 fully saturated rings. The molecule has 0 saturated heterocycles. The summed E-state index contributed by atoms with van der Waals surface area (Å²) in [4.78, 5) is 8.32.